The van der Waals surface area contributed by atoms with Crippen LogP contribution < -0.4 is 5.73 Å². The van der Waals surface area contributed by atoms with Gasteiger partial charge < -0.3 is 5.73 Å². The van der Waals surface area contributed by atoms with E-state index in [1.807, 2.05) is 6.92 Å². The van der Waals surface area contributed by atoms with Crippen LogP contribution in [0.1, 0.15) is 13.8 Å². The molecule has 0 saturated heterocycles. The molecule has 0 aromatic carbocycles. The third-order valence-electron chi connectivity index (χ3n) is 0.668. The lowest BCUT2D eigenvalue weighted by atomic mass is 10.5. The van der Waals surface area contributed by atoms with Crippen molar-refractivity contribution in [3.05, 3.63) is 10.9 Å². The Morgan fingerprint density at radius 2 is 2.25 bits per heavy atom. The Hall–Kier alpha value is -0.500. The maximum Gasteiger partial charge on any atom is 0.121 e. The van der Waals surface area contributed by atoms with Crippen LogP contribution in [-0.2, 0) is 0 Å². The fourth-order valence-electron chi connectivity index (χ4n) is 0.255. The Bertz CT molecular complexity index is 122. The van der Waals surface area contributed by atoms with Crippen LogP contribution in [-0.4, -0.2) is 6.21 Å². The second-order valence-corrected chi connectivity index (χ2v) is 1.73. The molecule has 0 radical (unpaired) electrons. The number of halogens is 1. The zero-order valence-electron chi connectivity index (χ0n) is 4.98. The number of rotatable bonds is 1. The van der Waals surface area contributed by atoms with E-state index < -0.39 is 0 Å². The quantitative estimate of drug-likeness (QED) is 0.426. The fraction of sp³-hybridized carbons (Fsp3) is 0.400. The van der Waals surface area contributed by atoms with Gasteiger partial charge in [0.05, 0.1) is 5.70 Å². The lowest BCUT2D eigenvalue weighted by Crippen LogP contribution is -1.90. The van der Waals surface area contributed by atoms with Gasteiger partial charge in [-0.2, -0.15) is 0 Å². The van der Waals surface area contributed by atoms with Crippen molar-refractivity contribution in [2.24, 2.45) is 10.7 Å². The molecule has 0 atom stereocenters. The van der Waals surface area contributed by atoms with E-state index in [1.165, 1.54) is 0 Å². The first-order valence-corrected chi connectivity index (χ1v) is 2.66. The summed E-state index contributed by atoms with van der Waals surface area (Å²) in [5.74, 6) is 0. The minimum Gasteiger partial charge on any atom is -0.388 e. The summed E-state index contributed by atoms with van der Waals surface area (Å²) in [6.07, 6.45) is 1.64. The Kier molecular flexibility index (Phi) is 3.28. The van der Waals surface area contributed by atoms with Crippen molar-refractivity contribution in [2.75, 3.05) is 0 Å². The molecule has 2 N–H and O–H groups in total. The number of nitrogens with zero attached hydrogens (tertiary/aromatic N) is 1. The summed E-state index contributed by atoms with van der Waals surface area (Å²) in [4.78, 5) is 3.82. The molecular formula is C5H9ClN2. The molecule has 0 fully saturated rings. The third kappa shape index (κ3) is 2.64. The summed E-state index contributed by atoms with van der Waals surface area (Å²) >= 11 is 5.35. The van der Waals surface area contributed by atoms with Crippen LogP contribution in [0.3, 0.4) is 0 Å². The average molecular weight is 133 g/mol. The van der Waals surface area contributed by atoms with Gasteiger partial charge in [0.2, 0.25) is 0 Å². The van der Waals surface area contributed by atoms with Crippen molar-refractivity contribution in [1.82, 2.24) is 0 Å². The number of nitrogens with two attached hydrogens (primary N) is 1. The van der Waals surface area contributed by atoms with Gasteiger partial charge in [0.15, 0.2) is 0 Å². The topological polar surface area (TPSA) is 38.4 Å². The minimum atomic E-state index is 0.253. The molecule has 0 bridgehead atoms. The summed E-state index contributed by atoms with van der Waals surface area (Å²) in [5.41, 5.74) is 5.81. The molecule has 0 heterocycles. The molecule has 46 valence electrons. The first-order chi connectivity index (χ1) is 3.68. The molecule has 0 rings (SSSR count). The van der Waals surface area contributed by atoms with Crippen molar-refractivity contribution in [3.8, 4) is 0 Å². The lowest BCUT2D eigenvalue weighted by molar-refractivity contribution is 1.25. The van der Waals surface area contributed by atoms with E-state index in [-0.39, 0.29) is 5.16 Å². The van der Waals surface area contributed by atoms with E-state index in [9.17, 15) is 0 Å². The van der Waals surface area contributed by atoms with Crippen LogP contribution in [0.2, 0.25) is 0 Å². The molecule has 0 aromatic heterocycles. The average Bonchev–Trinajstić information content (AvgIpc) is 1.67. The van der Waals surface area contributed by atoms with Gasteiger partial charge in [-0.1, -0.05) is 11.6 Å². The van der Waals surface area contributed by atoms with Gasteiger partial charge >= 0.3 is 0 Å². The largest absolute Gasteiger partial charge is 0.388 e. The second-order valence-electron chi connectivity index (χ2n) is 1.32. The van der Waals surface area contributed by atoms with Gasteiger partial charge in [0, 0.05) is 6.21 Å². The van der Waals surface area contributed by atoms with Gasteiger partial charge in [0.25, 0.3) is 0 Å². The predicted molar refractivity (Wildman–Crippen MR) is 36.9 cm³/mol. The maximum absolute atomic E-state index is 5.35. The van der Waals surface area contributed by atoms with Gasteiger partial charge in [-0.05, 0) is 13.8 Å². The predicted octanol–water partition coefficient (Wildman–Crippen LogP) is 1.46. The second kappa shape index (κ2) is 3.50. The standard InChI is InChI=1S/C5H9ClN2/c1-3-8-4(2)5(6)7/h3H,7H2,1-2H3/b5-4+,8-3?. The van der Waals surface area contributed by atoms with Crippen molar-refractivity contribution < 1.29 is 0 Å². The highest BCUT2D eigenvalue weighted by molar-refractivity contribution is 6.29. The maximum atomic E-state index is 5.35. The Morgan fingerprint density at radius 3 is 2.38 bits per heavy atom. The van der Waals surface area contributed by atoms with Gasteiger partial charge in [-0.25, -0.2) is 0 Å². The van der Waals surface area contributed by atoms with Gasteiger partial charge in [-0.3, -0.25) is 4.99 Å². The summed E-state index contributed by atoms with van der Waals surface area (Å²) in [6.45, 7) is 3.56. The SMILES string of the molecule is CC=N/C(C)=C(/N)Cl. The van der Waals surface area contributed by atoms with Crippen LogP contribution in [0.25, 0.3) is 0 Å². The summed E-state index contributed by atoms with van der Waals surface area (Å²) in [5, 5.41) is 0.253. The molecule has 8 heavy (non-hydrogen) atoms. The highest BCUT2D eigenvalue weighted by Gasteiger charge is 1.85. The summed E-state index contributed by atoms with van der Waals surface area (Å²) in [7, 11) is 0. The molecule has 0 unspecified atom stereocenters. The van der Waals surface area contributed by atoms with E-state index in [4.69, 9.17) is 17.3 Å². The summed E-state index contributed by atoms with van der Waals surface area (Å²) < 4.78 is 0. The van der Waals surface area contributed by atoms with Gasteiger partial charge in [0.1, 0.15) is 5.16 Å². The summed E-state index contributed by atoms with van der Waals surface area (Å²) in [6, 6.07) is 0. The van der Waals surface area contributed by atoms with Crippen molar-refractivity contribution >= 4 is 17.8 Å². The number of hydrogen-bond acceptors (Lipinski definition) is 2. The molecule has 0 saturated carbocycles. The van der Waals surface area contributed by atoms with Crippen molar-refractivity contribution in [3.63, 3.8) is 0 Å². The number of hydrogen-bond donors (Lipinski definition) is 1. The van der Waals surface area contributed by atoms with E-state index in [0.717, 1.165) is 0 Å². The van der Waals surface area contributed by atoms with Crippen LogP contribution in [0.5, 0.6) is 0 Å². The van der Waals surface area contributed by atoms with Crippen molar-refractivity contribution in [2.45, 2.75) is 13.8 Å². The number of allylic oxidation sites excluding steroid dienone is 1. The zero-order valence-corrected chi connectivity index (χ0v) is 5.74. The van der Waals surface area contributed by atoms with Gasteiger partial charge in [-0.15, -0.1) is 0 Å². The molecule has 0 spiro atoms. The fourth-order valence-corrected chi connectivity index (χ4v) is 0.304. The molecule has 0 aromatic rings. The molecule has 0 aliphatic heterocycles. The van der Waals surface area contributed by atoms with Crippen LogP contribution >= 0.6 is 11.6 Å². The van der Waals surface area contributed by atoms with Crippen LogP contribution in [0.15, 0.2) is 15.8 Å². The Labute approximate surface area is 54.0 Å². The van der Waals surface area contributed by atoms with E-state index >= 15 is 0 Å². The van der Waals surface area contributed by atoms with Crippen LogP contribution in [0.4, 0.5) is 0 Å². The molecule has 2 nitrogen and oxygen atoms in total. The molecule has 0 aliphatic carbocycles. The Balaban J connectivity index is 4.00. The van der Waals surface area contributed by atoms with Crippen molar-refractivity contribution in [1.29, 1.82) is 0 Å². The Morgan fingerprint density at radius 1 is 1.75 bits per heavy atom. The first kappa shape index (κ1) is 7.50. The number of aliphatic imine (C=N–C) groups is 1. The third-order valence-corrected chi connectivity index (χ3v) is 0.942. The highest BCUT2D eigenvalue weighted by Crippen LogP contribution is 2.01. The first-order valence-electron chi connectivity index (χ1n) is 2.29. The smallest absolute Gasteiger partial charge is 0.121 e. The highest BCUT2D eigenvalue weighted by atomic mass is 35.5. The minimum absolute atomic E-state index is 0.253. The van der Waals surface area contributed by atoms with E-state index in [0.29, 0.717) is 5.70 Å². The van der Waals surface area contributed by atoms with E-state index in [1.54, 1.807) is 13.1 Å². The molecular weight excluding hydrogens is 124 g/mol. The van der Waals surface area contributed by atoms with E-state index in [2.05, 4.69) is 4.99 Å². The lowest BCUT2D eigenvalue weighted by Gasteiger charge is -1.89. The molecule has 3 heteroatoms. The normalized spacial score (nSPS) is 14.4. The van der Waals surface area contributed by atoms with Crippen LogP contribution in [0, 0.1) is 0 Å². The zero-order chi connectivity index (χ0) is 6.57. The monoisotopic (exact) mass is 132 g/mol. The molecule has 0 aliphatic rings. The molecule has 0 amide bonds.